The van der Waals surface area contributed by atoms with Crippen LogP contribution in [0.1, 0.15) is 31.8 Å². The molecule has 188 valence electrons. The fourth-order valence-electron chi connectivity index (χ4n) is 3.39. The first-order chi connectivity index (χ1) is 17.3. The van der Waals surface area contributed by atoms with Gasteiger partial charge in [-0.1, -0.05) is 29.8 Å². The monoisotopic (exact) mass is 510 g/mol. The van der Waals surface area contributed by atoms with E-state index in [2.05, 4.69) is 21.3 Å². The molecule has 10 heteroatoms. The molecule has 0 bridgehead atoms. The zero-order valence-electron chi connectivity index (χ0n) is 19.6. The van der Waals surface area contributed by atoms with Gasteiger partial charge in [-0.25, -0.2) is 4.79 Å². The van der Waals surface area contributed by atoms with E-state index in [1.807, 2.05) is 0 Å². The lowest BCUT2D eigenvalue weighted by Gasteiger charge is -2.15. The number of amides is 3. The van der Waals surface area contributed by atoms with Crippen molar-refractivity contribution in [1.82, 2.24) is 10.6 Å². The van der Waals surface area contributed by atoms with Crippen LogP contribution >= 0.6 is 11.6 Å². The van der Waals surface area contributed by atoms with Crippen molar-refractivity contribution in [3.63, 3.8) is 0 Å². The molecule has 0 fully saturated rings. The lowest BCUT2D eigenvalue weighted by atomic mass is 9.96. The van der Waals surface area contributed by atoms with Crippen LogP contribution in [0.25, 0.3) is 0 Å². The minimum Gasteiger partial charge on any atom is -0.395 e. The quantitative estimate of drug-likeness (QED) is 0.231. The van der Waals surface area contributed by atoms with E-state index in [1.54, 1.807) is 61.5 Å². The van der Waals surface area contributed by atoms with Crippen molar-refractivity contribution in [3.05, 3.63) is 87.9 Å². The first-order valence-corrected chi connectivity index (χ1v) is 11.6. The van der Waals surface area contributed by atoms with Gasteiger partial charge in [-0.2, -0.15) is 0 Å². The number of carbonyl (C=O) groups excluding carboxylic acids is 3. The molecule has 0 heterocycles. The maximum atomic E-state index is 13.3. The summed E-state index contributed by atoms with van der Waals surface area (Å²) in [5.41, 5.74) is 3.32. The molecule has 0 atom stereocenters. The SMILES string of the molecule is Cc1ccc(C(=O)NCCO)cc1C(=O)c1ccc(Nc2ccccc2NC(=O)NCCO)cc1Cl. The number of anilines is 3. The van der Waals surface area contributed by atoms with Gasteiger partial charge in [0.05, 0.1) is 29.6 Å². The number of aliphatic hydroxyl groups excluding tert-OH is 2. The molecule has 0 aromatic heterocycles. The van der Waals surface area contributed by atoms with E-state index in [0.717, 1.165) is 0 Å². The average Bonchev–Trinajstić information content (AvgIpc) is 2.87. The van der Waals surface area contributed by atoms with Gasteiger partial charge >= 0.3 is 6.03 Å². The minimum absolute atomic E-state index is 0.113. The van der Waals surface area contributed by atoms with Gasteiger partial charge in [0.15, 0.2) is 5.78 Å². The minimum atomic E-state index is -0.458. The molecule has 0 aliphatic carbocycles. The Morgan fingerprint density at radius 3 is 2.22 bits per heavy atom. The van der Waals surface area contributed by atoms with Crippen LogP contribution in [0.4, 0.5) is 21.9 Å². The number of halogens is 1. The highest BCUT2D eigenvalue weighted by molar-refractivity contribution is 6.35. The first-order valence-electron chi connectivity index (χ1n) is 11.2. The molecule has 0 unspecified atom stereocenters. The lowest BCUT2D eigenvalue weighted by Crippen LogP contribution is -2.31. The third-order valence-corrected chi connectivity index (χ3v) is 5.52. The topological polar surface area (TPSA) is 140 Å². The van der Waals surface area contributed by atoms with Crippen molar-refractivity contribution in [2.45, 2.75) is 6.92 Å². The van der Waals surface area contributed by atoms with Crippen LogP contribution in [0, 0.1) is 6.92 Å². The van der Waals surface area contributed by atoms with Crippen LogP contribution in [0.5, 0.6) is 0 Å². The van der Waals surface area contributed by atoms with Crippen molar-refractivity contribution in [2.24, 2.45) is 0 Å². The summed E-state index contributed by atoms with van der Waals surface area (Å²) in [6, 6.07) is 16.3. The van der Waals surface area contributed by atoms with Gasteiger partial charge in [0.2, 0.25) is 0 Å². The van der Waals surface area contributed by atoms with Crippen molar-refractivity contribution in [2.75, 3.05) is 36.9 Å². The number of hydrogen-bond donors (Lipinski definition) is 6. The van der Waals surface area contributed by atoms with Crippen LogP contribution in [-0.4, -0.2) is 54.2 Å². The van der Waals surface area contributed by atoms with E-state index >= 15 is 0 Å². The molecule has 0 saturated heterocycles. The molecule has 0 radical (unpaired) electrons. The third-order valence-electron chi connectivity index (χ3n) is 5.21. The van der Waals surface area contributed by atoms with E-state index in [4.69, 9.17) is 21.8 Å². The van der Waals surface area contributed by atoms with Gasteiger partial charge in [0.25, 0.3) is 5.91 Å². The number of aryl methyl sites for hydroxylation is 1. The molecular formula is C26H27ClN4O5. The Bertz CT molecular complexity index is 1260. The lowest BCUT2D eigenvalue weighted by molar-refractivity contribution is 0.0944. The summed E-state index contributed by atoms with van der Waals surface area (Å²) in [6.07, 6.45) is 0. The summed E-state index contributed by atoms with van der Waals surface area (Å²) in [5.74, 6) is -0.718. The number of para-hydroxylation sites is 2. The Morgan fingerprint density at radius 1 is 0.833 bits per heavy atom. The van der Waals surface area contributed by atoms with Crippen LogP contribution in [0.3, 0.4) is 0 Å². The van der Waals surface area contributed by atoms with Gasteiger partial charge in [0, 0.05) is 35.5 Å². The predicted molar refractivity (Wildman–Crippen MR) is 139 cm³/mol. The summed E-state index contributed by atoms with van der Waals surface area (Å²) >= 11 is 6.47. The van der Waals surface area contributed by atoms with Crippen LogP contribution < -0.4 is 21.3 Å². The van der Waals surface area contributed by atoms with E-state index in [-0.39, 0.29) is 48.6 Å². The summed E-state index contributed by atoms with van der Waals surface area (Å²) in [4.78, 5) is 37.5. The van der Waals surface area contributed by atoms with Crippen molar-refractivity contribution < 1.29 is 24.6 Å². The Kier molecular flexibility index (Phi) is 9.40. The number of rotatable bonds is 10. The van der Waals surface area contributed by atoms with Gasteiger partial charge in [-0.15, -0.1) is 0 Å². The van der Waals surface area contributed by atoms with Crippen molar-refractivity contribution in [3.8, 4) is 0 Å². The Morgan fingerprint density at radius 2 is 1.53 bits per heavy atom. The second kappa shape index (κ2) is 12.7. The number of nitrogens with one attached hydrogen (secondary N) is 4. The maximum Gasteiger partial charge on any atom is 0.319 e. The molecule has 9 nitrogen and oxygen atoms in total. The summed E-state index contributed by atoms with van der Waals surface area (Å²) in [6.45, 7) is 1.66. The van der Waals surface area contributed by atoms with Crippen LogP contribution in [0.15, 0.2) is 60.7 Å². The molecule has 3 rings (SSSR count). The smallest absolute Gasteiger partial charge is 0.319 e. The highest BCUT2D eigenvalue weighted by atomic mass is 35.5. The van der Waals surface area contributed by atoms with Crippen LogP contribution in [0.2, 0.25) is 5.02 Å². The molecule has 6 N–H and O–H groups in total. The zero-order valence-corrected chi connectivity index (χ0v) is 20.4. The molecular weight excluding hydrogens is 484 g/mol. The van der Waals surface area contributed by atoms with Gasteiger partial charge in [0.1, 0.15) is 0 Å². The summed E-state index contributed by atoms with van der Waals surface area (Å²) in [7, 11) is 0. The molecule has 0 spiro atoms. The molecule has 0 aliphatic rings. The largest absolute Gasteiger partial charge is 0.395 e. The van der Waals surface area contributed by atoms with Gasteiger partial charge in [-0.3, -0.25) is 9.59 Å². The Labute approximate surface area is 213 Å². The van der Waals surface area contributed by atoms with Gasteiger partial charge < -0.3 is 31.5 Å². The fraction of sp³-hybridized carbons (Fsp3) is 0.192. The number of hydrogen-bond acceptors (Lipinski definition) is 6. The van der Waals surface area contributed by atoms with E-state index in [0.29, 0.717) is 33.8 Å². The summed E-state index contributed by atoms with van der Waals surface area (Å²) in [5, 5.41) is 28.9. The normalized spacial score (nSPS) is 10.4. The maximum absolute atomic E-state index is 13.3. The number of ketones is 1. The molecule has 3 aromatic rings. The number of benzene rings is 3. The van der Waals surface area contributed by atoms with E-state index < -0.39 is 6.03 Å². The molecule has 0 saturated carbocycles. The zero-order chi connectivity index (χ0) is 26.1. The van der Waals surface area contributed by atoms with E-state index in [9.17, 15) is 14.4 Å². The predicted octanol–water partition coefficient (Wildman–Crippen LogP) is 3.46. The Balaban J connectivity index is 1.80. The highest BCUT2D eigenvalue weighted by Gasteiger charge is 2.18. The standard InChI is InChI=1S/C26H27ClN4O5/c1-16-6-7-17(25(35)28-10-12-32)14-20(16)24(34)19-9-8-18(15-21(19)27)30-22-4-2-3-5-23(22)31-26(36)29-11-13-33/h2-9,14-15,30,32-33H,10-13H2,1H3,(H,28,35)(H2,29,31,36). The molecule has 3 amide bonds. The number of aliphatic hydroxyl groups is 2. The van der Waals surface area contributed by atoms with Gasteiger partial charge in [-0.05, 0) is 55.0 Å². The molecule has 36 heavy (non-hydrogen) atoms. The number of carbonyl (C=O) groups is 3. The third kappa shape index (κ3) is 6.82. The fourth-order valence-corrected chi connectivity index (χ4v) is 3.66. The second-order valence-corrected chi connectivity index (χ2v) is 8.22. The molecule has 0 aliphatic heterocycles. The summed E-state index contributed by atoms with van der Waals surface area (Å²) < 4.78 is 0. The molecule has 3 aromatic carbocycles. The highest BCUT2D eigenvalue weighted by Crippen LogP contribution is 2.29. The first kappa shape index (κ1) is 26.7. The Hall–Kier alpha value is -3.92. The van der Waals surface area contributed by atoms with E-state index in [1.165, 1.54) is 6.07 Å². The number of urea groups is 1. The van der Waals surface area contributed by atoms with Crippen molar-refractivity contribution >= 4 is 46.4 Å². The van der Waals surface area contributed by atoms with Crippen LogP contribution in [-0.2, 0) is 0 Å². The second-order valence-electron chi connectivity index (χ2n) is 7.81. The van der Waals surface area contributed by atoms with Crippen molar-refractivity contribution in [1.29, 1.82) is 0 Å². The average molecular weight is 511 g/mol.